The molecule has 3 heterocycles. The van der Waals surface area contributed by atoms with E-state index in [2.05, 4.69) is 20.6 Å². The van der Waals surface area contributed by atoms with Crippen LogP contribution in [0.2, 0.25) is 5.15 Å². The van der Waals surface area contributed by atoms with Crippen LogP contribution < -0.4 is 10.6 Å². The van der Waals surface area contributed by atoms with Crippen molar-refractivity contribution in [3.8, 4) is 0 Å². The van der Waals surface area contributed by atoms with E-state index in [0.29, 0.717) is 30.9 Å². The fourth-order valence-electron chi connectivity index (χ4n) is 4.09. The number of pyridine rings is 2. The van der Waals surface area contributed by atoms with Gasteiger partial charge in [-0.3, -0.25) is 9.59 Å². The van der Waals surface area contributed by atoms with Crippen molar-refractivity contribution in [2.45, 2.75) is 44.3 Å². The minimum atomic E-state index is -2.83. The maximum absolute atomic E-state index is 13.4. The number of carbonyl (C=O) groups excluding carboxylic acids is 2. The van der Waals surface area contributed by atoms with Crippen LogP contribution in [-0.2, 0) is 20.1 Å². The molecule has 1 aliphatic carbocycles. The standard InChI is InChI=1S/C22H23ClF2N4O4/c1-2-22(32-7-8-33-22)15-10-17(23)27-12-16(15)28-19(30)13-4-6-26-18(9-13)29-20(31)14-3-5-21(24,25)11-14/h4,6,9-10,12,14H,2-3,5,7-8,11H2,1H3,(H,28,30)(H,26,29,31). The Hall–Kier alpha value is -2.69. The van der Waals surface area contributed by atoms with Crippen molar-refractivity contribution in [1.82, 2.24) is 9.97 Å². The average Bonchev–Trinajstić information content (AvgIpc) is 3.42. The predicted molar refractivity (Wildman–Crippen MR) is 116 cm³/mol. The maximum atomic E-state index is 13.4. The highest BCUT2D eigenvalue weighted by Gasteiger charge is 2.42. The molecule has 2 aromatic rings. The molecule has 1 atom stereocenters. The van der Waals surface area contributed by atoms with Gasteiger partial charge in [0.2, 0.25) is 11.8 Å². The van der Waals surface area contributed by atoms with Crippen molar-refractivity contribution < 1.29 is 27.8 Å². The Bertz CT molecular complexity index is 1060. The van der Waals surface area contributed by atoms with Crippen LogP contribution >= 0.6 is 11.6 Å². The third-order valence-electron chi connectivity index (χ3n) is 5.80. The quantitative estimate of drug-likeness (QED) is 0.595. The molecule has 2 N–H and O–H groups in total. The molecular formula is C22H23ClF2N4O4. The van der Waals surface area contributed by atoms with Crippen LogP contribution in [-0.4, -0.2) is 40.9 Å². The zero-order valence-corrected chi connectivity index (χ0v) is 18.6. The molecule has 2 amide bonds. The first kappa shape index (κ1) is 23.5. The smallest absolute Gasteiger partial charge is 0.255 e. The molecule has 4 rings (SSSR count). The van der Waals surface area contributed by atoms with Crippen LogP contribution in [0.3, 0.4) is 0 Å². The summed E-state index contributed by atoms with van der Waals surface area (Å²) >= 11 is 6.08. The summed E-state index contributed by atoms with van der Waals surface area (Å²) in [6, 6.07) is 4.43. The topological polar surface area (TPSA) is 102 Å². The summed E-state index contributed by atoms with van der Waals surface area (Å²) in [5, 5.41) is 5.53. The van der Waals surface area contributed by atoms with E-state index in [-0.39, 0.29) is 29.4 Å². The van der Waals surface area contributed by atoms with E-state index in [1.54, 1.807) is 6.07 Å². The third kappa shape index (κ3) is 5.13. The van der Waals surface area contributed by atoms with Crippen LogP contribution in [0.1, 0.15) is 48.5 Å². The highest BCUT2D eigenvalue weighted by Crippen LogP contribution is 2.40. The van der Waals surface area contributed by atoms with Gasteiger partial charge in [-0.2, -0.15) is 0 Å². The highest BCUT2D eigenvalue weighted by atomic mass is 35.5. The van der Waals surface area contributed by atoms with Gasteiger partial charge in [0, 0.05) is 42.5 Å². The molecular weight excluding hydrogens is 458 g/mol. The van der Waals surface area contributed by atoms with Crippen LogP contribution in [0.5, 0.6) is 0 Å². The molecule has 2 aliphatic rings. The molecule has 1 saturated heterocycles. The molecule has 0 aromatic carbocycles. The maximum Gasteiger partial charge on any atom is 0.255 e. The Morgan fingerprint density at radius 1 is 1.21 bits per heavy atom. The summed E-state index contributed by atoms with van der Waals surface area (Å²) in [6.45, 7) is 2.70. The molecule has 1 unspecified atom stereocenters. The van der Waals surface area contributed by atoms with E-state index in [0.717, 1.165) is 0 Å². The summed E-state index contributed by atoms with van der Waals surface area (Å²) in [5.74, 6) is -5.60. The number of ether oxygens (including phenoxy) is 2. The summed E-state index contributed by atoms with van der Waals surface area (Å²) in [6.07, 6.45) is 2.56. The Labute approximate surface area is 194 Å². The number of anilines is 2. The third-order valence-corrected chi connectivity index (χ3v) is 6.00. The van der Waals surface area contributed by atoms with Crippen molar-refractivity contribution in [1.29, 1.82) is 0 Å². The molecule has 0 spiro atoms. The largest absolute Gasteiger partial charge is 0.343 e. The molecule has 0 radical (unpaired) electrons. The van der Waals surface area contributed by atoms with E-state index < -0.39 is 35.9 Å². The number of amides is 2. The average molecular weight is 481 g/mol. The Balaban J connectivity index is 1.50. The molecule has 1 aliphatic heterocycles. The SMILES string of the molecule is CCC1(c2cc(Cl)ncc2NC(=O)c2ccnc(NC(=O)C3CCC(F)(F)C3)c2)OCCO1. The molecule has 1 saturated carbocycles. The van der Waals surface area contributed by atoms with E-state index in [1.165, 1.54) is 24.5 Å². The van der Waals surface area contributed by atoms with Crippen molar-refractivity contribution >= 4 is 34.9 Å². The predicted octanol–water partition coefficient (Wildman–Crippen LogP) is 4.37. The van der Waals surface area contributed by atoms with E-state index >= 15 is 0 Å². The summed E-state index contributed by atoms with van der Waals surface area (Å²) in [4.78, 5) is 33.3. The van der Waals surface area contributed by atoms with Gasteiger partial charge < -0.3 is 20.1 Å². The monoisotopic (exact) mass is 480 g/mol. The first-order valence-electron chi connectivity index (χ1n) is 10.6. The summed E-state index contributed by atoms with van der Waals surface area (Å²) in [5.41, 5.74) is 1.11. The number of hydrogen-bond acceptors (Lipinski definition) is 6. The lowest BCUT2D eigenvalue weighted by Crippen LogP contribution is -2.28. The van der Waals surface area contributed by atoms with E-state index in [4.69, 9.17) is 21.1 Å². The van der Waals surface area contributed by atoms with Gasteiger partial charge >= 0.3 is 0 Å². The lowest BCUT2D eigenvalue weighted by Gasteiger charge is -2.28. The molecule has 2 aromatic heterocycles. The molecule has 8 nitrogen and oxygen atoms in total. The number of carbonyl (C=O) groups is 2. The second-order valence-electron chi connectivity index (χ2n) is 8.02. The van der Waals surface area contributed by atoms with E-state index in [9.17, 15) is 18.4 Å². The summed E-state index contributed by atoms with van der Waals surface area (Å²) in [7, 11) is 0. The van der Waals surface area contributed by atoms with Gasteiger partial charge in [0.25, 0.3) is 5.91 Å². The fraction of sp³-hybridized carbons (Fsp3) is 0.455. The highest BCUT2D eigenvalue weighted by molar-refractivity contribution is 6.29. The van der Waals surface area contributed by atoms with Crippen LogP contribution in [0.4, 0.5) is 20.3 Å². The lowest BCUT2D eigenvalue weighted by atomic mass is 10.0. The molecule has 2 fully saturated rings. The van der Waals surface area contributed by atoms with E-state index in [1.807, 2.05) is 6.92 Å². The van der Waals surface area contributed by atoms with Gasteiger partial charge in [0.15, 0.2) is 5.79 Å². The number of rotatable bonds is 6. The Kier molecular flexibility index (Phi) is 6.60. The van der Waals surface area contributed by atoms with Gasteiger partial charge in [0.05, 0.1) is 25.1 Å². The summed E-state index contributed by atoms with van der Waals surface area (Å²) < 4.78 is 38.5. The molecule has 0 bridgehead atoms. The van der Waals surface area contributed by atoms with Crippen LogP contribution in [0, 0.1) is 5.92 Å². The fourth-order valence-corrected chi connectivity index (χ4v) is 4.24. The lowest BCUT2D eigenvalue weighted by molar-refractivity contribution is -0.167. The number of aromatic nitrogens is 2. The number of nitrogens with one attached hydrogen (secondary N) is 2. The zero-order chi connectivity index (χ0) is 23.6. The van der Waals surface area contributed by atoms with Gasteiger partial charge in [0.1, 0.15) is 11.0 Å². The minimum Gasteiger partial charge on any atom is -0.343 e. The molecule has 33 heavy (non-hydrogen) atoms. The van der Waals surface area contributed by atoms with Gasteiger partial charge in [-0.1, -0.05) is 18.5 Å². The van der Waals surface area contributed by atoms with Crippen molar-refractivity contribution in [2.24, 2.45) is 5.92 Å². The Morgan fingerprint density at radius 3 is 2.64 bits per heavy atom. The van der Waals surface area contributed by atoms with Gasteiger partial charge in [-0.25, -0.2) is 18.7 Å². The van der Waals surface area contributed by atoms with Crippen LogP contribution in [0.15, 0.2) is 30.6 Å². The second kappa shape index (κ2) is 9.28. The van der Waals surface area contributed by atoms with Crippen molar-refractivity contribution in [3.05, 3.63) is 46.9 Å². The van der Waals surface area contributed by atoms with Crippen molar-refractivity contribution in [2.75, 3.05) is 23.8 Å². The molecule has 176 valence electrons. The second-order valence-corrected chi connectivity index (χ2v) is 8.41. The normalized spacial score (nSPS) is 21.0. The number of alkyl halides is 2. The first-order chi connectivity index (χ1) is 15.7. The number of hydrogen-bond donors (Lipinski definition) is 2. The van der Waals surface area contributed by atoms with Gasteiger partial charge in [-0.15, -0.1) is 0 Å². The number of halogens is 3. The van der Waals surface area contributed by atoms with Crippen molar-refractivity contribution in [3.63, 3.8) is 0 Å². The molecule has 11 heteroatoms. The van der Waals surface area contributed by atoms with Crippen LogP contribution in [0.25, 0.3) is 0 Å². The number of nitrogens with zero attached hydrogens (tertiary/aromatic N) is 2. The Morgan fingerprint density at radius 2 is 1.97 bits per heavy atom. The minimum absolute atomic E-state index is 0.102. The van der Waals surface area contributed by atoms with Gasteiger partial charge in [-0.05, 0) is 24.6 Å². The first-order valence-corrected chi connectivity index (χ1v) is 11.0. The zero-order valence-electron chi connectivity index (χ0n) is 17.9.